The largest absolute Gasteiger partial charge is 0.481 e. The number of aliphatic carboxylic acids is 1. The van der Waals surface area contributed by atoms with Crippen LogP contribution in [0.2, 0.25) is 0 Å². The SMILES string of the molecule is CC(C)N(CCC(=O)O)C(=O)c1ccc2c(c1)CCCN2. The molecule has 2 rings (SSSR count). The molecule has 1 amide bonds. The predicted octanol–water partition coefficient (Wildman–Crippen LogP) is 2.37. The van der Waals surface area contributed by atoms with Crippen molar-refractivity contribution in [2.24, 2.45) is 0 Å². The zero-order chi connectivity index (χ0) is 15.4. The Morgan fingerprint density at radius 3 is 2.81 bits per heavy atom. The van der Waals surface area contributed by atoms with E-state index in [1.54, 1.807) is 4.90 Å². The molecule has 21 heavy (non-hydrogen) atoms. The first-order valence-electron chi connectivity index (χ1n) is 7.38. The first-order chi connectivity index (χ1) is 9.99. The Balaban J connectivity index is 2.18. The number of amides is 1. The Labute approximate surface area is 125 Å². The highest BCUT2D eigenvalue weighted by Crippen LogP contribution is 2.24. The van der Waals surface area contributed by atoms with Crippen LogP contribution in [0.15, 0.2) is 18.2 Å². The predicted molar refractivity (Wildman–Crippen MR) is 81.7 cm³/mol. The molecule has 0 fully saturated rings. The monoisotopic (exact) mass is 290 g/mol. The molecule has 1 aliphatic heterocycles. The summed E-state index contributed by atoms with van der Waals surface area (Å²) in [5, 5.41) is 12.1. The highest BCUT2D eigenvalue weighted by molar-refractivity contribution is 5.95. The van der Waals surface area contributed by atoms with Crippen LogP contribution >= 0.6 is 0 Å². The van der Waals surface area contributed by atoms with Gasteiger partial charge in [0, 0.05) is 30.4 Å². The fourth-order valence-electron chi connectivity index (χ4n) is 2.58. The number of anilines is 1. The third-order valence-electron chi connectivity index (χ3n) is 3.74. The first kappa shape index (κ1) is 15.4. The van der Waals surface area contributed by atoms with Crippen LogP contribution in [0.1, 0.15) is 42.6 Å². The van der Waals surface area contributed by atoms with Gasteiger partial charge in [0.2, 0.25) is 0 Å². The molecule has 5 heteroatoms. The minimum absolute atomic E-state index is 0.0222. The van der Waals surface area contributed by atoms with Crippen molar-refractivity contribution in [2.75, 3.05) is 18.4 Å². The van der Waals surface area contributed by atoms with Crippen LogP contribution in [0.4, 0.5) is 5.69 Å². The van der Waals surface area contributed by atoms with Gasteiger partial charge in [0.25, 0.3) is 5.91 Å². The maximum atomic E-state index is 12.6. The van der Waals surface area contributed by atoms with E-state index in [1.165, 1.54) is 0 Å². The lowest BCUT2D eigenvalue weighted by molar-refractivity contribution is -0.137. The average molecular weight is 290 g/mol. The van der Waals surface area contributed by atoms with E-state index in [-0.39, 0.29) is 24.9 Å². The van der Waals surface area contributed by atoms with Crippen LogP contribution in [-0.4, -0.2) is 41.0 Å². The van der Waals surface area contributed by atoms with Crippen molar-refractivity contribution in [3.8, 4) is 0 Å². The summed E-state index contributed by atoms with van der Waals surface area (Å²) in [5.74, 6) is -0.984. The van der Waals surface area contributed by atoms with E-state index in [9.17, 15) is 9.59 Å². The summed E-state index contributed by atoms with van der Waals surface area (Å²) < 4.78 is 0. The second-order valence-corrected chi connectivity index (χ2v) is 5.64. The number of aryl methyl sites for hydroxylation is 1. The van der Waals surface area contributed by atoms with Crippen molar-refractivity contribution in [1.29, 1.82) is 0 Å². The molecule has 1 aromatic rings. The van der Waals surface area contributed by atoms with Gasteiger partial charge in [0.15, 0.2) is 0 Å². The lowest BCUT2D eigenvalue weighted by Crippen LogP contribution is -2.38. The summed E-state index contributed by atoms with van der Waals surface area (Å²) in [6, 6.07) is 5.67. The summed E-state index contributed by atoms with van der Waals surface area (Å²) in [7, 11) is 0. The Bertz CT molecular complexity index is 540. The number of benzene rings is 1. The number of carbonyl (C=O) groups excluding carboxylic acids is 1. The molecule has 0 saturated heterocycles. The van der Waals surface area contributed by atoms with Crippen LogP contribution < -0.4 is 5.32 Å². The van der Waals surface area contributed by atoms with Crippen LogP contribution in [0.5, 0.6) is 0 Å². The van der Waals surface area contributed by atoms with Gasteiger partial charge in [0.05, 0.1) is 6.42 Å². The Morgan fingerprint density at radius 2 is 2.14 bits per heavy atom. The fraction of sp³-hybridized carbons (Fsp3) is 0.500. The van der Waals surface area contributed by atoms with Gasteiger partial charge in [-0.15, -0.1) is 0 Å². The number of fused-ring (bicyclic) bond motifs is 1. The summed E-state index contributed by atoms with van der Waals surface area (Å²) in [4.78, 5) is 24.9. The van der Waals surface area contributed by atoms with Crippen molar-refractivity contribution in [3.63, 3.8) is 0 Å². The van der Waals surface area contributed by atoms with E-state index in [0.717, 1.165) is 30.6 Å². The molecule has 1 aromatic carbocycles. The highest BCUT2D eigenvalue weighted by atomic mass is 16.4. The Hall–Kier alpha value is -2.04. The topological polar surface area (TPSA) is 69.6 Å². The smallest absolute Gasteiger partial charge is 0.305 e. The molecule has 0 bridgehead atoms. The van der Waals surface area contributed by atoms with Gasteiger partial charge in [-0.05, 0) is 50.5 Å². The van der Waals surface area contributed by atoms with Crippen LogP contribution in [0.25, 0.3) is 0 Å². The quantitative estimate of drug-likeness (QED) is 0.873. The summed E-state index contributed by atoms with van der Waals surface area (Å²) in [6.07, 6.45) is 2.01. The van der Waals surface area contributed by atoms with Gasteiger partial charge >= 0.3 is 5.97 Å². The molecule has 0 atom stereocenters. The molecule has 0 aromatic heterocycles. The number of rotatable bonds is 5. The summed E-state index contributed by atoms with van der Waals surface area (Å²) in [6.45, 7) is 5.01. The van der Waals surface area contributed by atoms with Crippen molar-refractivity contribution in [2.45, 2.75) is 39.2 Å². The zero-order valence-electron chi connectivity index (χ0n) is 12.6. The minimum atomic E-state index is -0.886. The molecule has 0 radical (unpaired) electrons. The van der Waals surface area contributed by atoms with E-state index in [4.69, 9.17) is 5.11 Å². The van der Waals surface area contributed by atoms with Gasteiger partial charge in [-0.1, -0.05) is 0 Å². The van der Waals surface area contributed by atoms with Gasteiger partial charge in [-0.2, -0.15) is 0 Å². The van der Waals surface area contributed by atoms with E-state index < -0.39 is 5.97 Å². The van der Waals surface area contributed by atoms with Crippen LogP contribution in [0, 0.1) is 0 Å². The number of hydrogen-bond acceptors (Lipinski definition) is 3. The van der Waals surface area contributed by atoms with Crippen molar-refractivity contribution in [3.05, 3.63) is 29.3 Å². The number of nitrogens with zero attached hydrogens (tertiary/aromatic N) is 1. The van der Waals surface area contributed by atoms with Crippen molar-refractivity contribution >= 4 is 17.6 Å². The normalized spacial score (nSPS) is 13.5. The fourth-order valence-corrected chi connectivity index (χ4v) is 2.58. The second kappa shape index (κ2) is 6.61. The van der Waals surface area contributed by atoms with E-state index in [1.807, 2.05) is 32.0 Å². The molecule has 0 saturated carbocycles. The molecule has 0 spiro atoms. The number of nitrogens with one attached hydrogen (secondary N) is 1. The molecular formula is C16H22N2O3. The van der Waals surface area contributed by atoms with Crippen LogP contribution in [0.3, 0.4) is 0 Å². The van der Waals surface area contributed by atoms with Gasteiger partial charge in [-0.3, -0.25) is 9.59 Å². The number of carboxylic acids is 1. The van der Waals surface area contributed by atoms with Crippen LogP contribution in [-0.2, 0) is 11.2 Å². The maximum Gasteiger partial charge on any atom is 0.305 e. The van der Waals surface area contributed by atoms with E-state index in [0.29, 0.717) is 5.56 Å². The molecule has 2 N–H and O–H groups in total. The van der Waals surface area contributed by atoms with Gasteiger partial charge in [-0.25, -0.2) is 0 Å². The maximum absolute atomic E-state index is 12.6. The average Bonchev–Trinajstić information content (AvgIpc) is 2.46. The summed E-state index contributed by atoms with van der Waals surface area (Å²) >= 11 is 0. The van der Waals surface area contributed by atoms with E-state index in [2.05, 4.69) is 5.32 Å². The minimum Gasteiger partial charge on any atom is -0.481 e. The molecule has 114 valence electrons. The number of carbonyl (C=O) groups is 2. The highest BCUT2D eigenvalue weighted by Gasteiger charge is 2.21. The lowest BCUT2D eigenvalue weighted by Gasteiger charge is -2.27. The molecule has 1 heterocycles. The lowest BCUT2D eigenvalue weighted by atomic mass is 10.00. The molecular weight excluding hydrogens is 268 g/mol. The molecule has 1 aliphatic rings. The van der Waals surface area contributed by atoms with Crippen molar-refractivity contribution < 1.29 is 14.7 Å². The van der Waals surface area contributed by atoms with Gasteiger partial charge < -0.3 is 15.3 Å². The molecule has 0 aliphatic carbocycles. The molecule has 0 unspecified atom stereocenters. The zero-order valence-corrected chi connectivity index (χ0v) is 12.6. The third kappa shape index (κ3) is 3.74. The standard InChI is InChI=1S/C16H22N2O3/c1-11(2)18(9-7-15(19)20)16(21)13-5-6-14-12(10-13)4-3-8-17-14/h5-6,10-11,17H,3-4,7-9H2,1-2H3,(H,19,20). The number of carboxylic acid groups (broad SMARTS) is 1. The second-order valence-electron chi connectivity index (χ2n) is 5.64. The van der Waals surface area contributed by atoms with E-state index >= 15 is 0 Å². The van der Waals surface area contributed by atoms with Gasteiger partial charge in [0.1, 0.15) is 0 Å². The Morgan fingerprint density at radius 1 is 1.38 bits per heavy atom. The summed E-state index contributed by atoms with van der Waals surface area (Å²) in [5.41, 5.74) is 2.89. The third-order valence-corrected chi connectivity index (χ3v) is 3.74. The van der Waals surface area contributed by atoms with Crippen molar-refractivity contribution in [1.82, 2.24) is 4.90 Å². The molecule has 5 nitrogen and oxygen atoms in total. The number of hydrogen-bond donors (Lipinski definition) is 2. The Kier molecular flexibility index (Phi) is 4.83. The first-order valence-corrected chi connectivity index (χ1v) is 7.38.